The molecule has 2 amide bonds. The van der Waals surface area contributed by atoms with Crippen LogP contribution in [0.5, 0.6) is 0 Å². The van der Waals surface area contributed by atoms with E-state index in [1.807, 2.05) is 55.5 Å². The lowest BCUT2D eigenvalue weighted by Gasteiger charge is -2.15. The van der Waals surface area contributed by atoms with E-state index in [0.717, 1.165) is 45.5 Å². The van der Waals surface area contributed by atoms with Crippen molar-refractivity contribution in [2.24, 2.45) is 0 Å². The summed E-state index contributed by atoms with van der Waals surface area (Å²) in [7, 11) is 0. The van der Waals surface area contributed by atoms with E-state index in [9.17, 15) is 9.59 Å². The summed E-state index contributed by atoms with van der Waals surface area (Å²) in [5, 5.41) is 6.10. The molecule has 0 spiro atoms. The lowest BCUT2D eigenvalue weighted by Crippen LogP contribution is -2.25. The van der Waals surface area contributed by atoms with E-state index in [1.165, 1.54) is 16.5 Å². The average Bonchev–Trinajstić information content (AvgIpc) is 3.41. The molecule has 0 atom stereocenters. The van der Waals surface area contributed by atoms with Crippen molar-refractivity contribution in [3.05, 3.63) is 89.6 Å². The van der Waals surface area contributed by atoms with E-state index in [4.69, 9.17) is 0 Å². The number of nitrogens with zero attached hydrogens (tertiary/aromatic N) is 2. The Labute approximate surface area is 215 Å². The minimum absolute atomic E-state index is 0.0178. The number of carbonyl (C=O) groups is 2. The molecule has 5 aromatic rings. The van der Waals surface area contributed by atoms with Gasteiger partial charge in [0.1, 0.15) is 0 Å². The predicted octanol–water partition coefficient (Wildman–Crippen LogP) is 6.63. The molecule has 0 saturated heterocycles. The van der Waals surface area contributed by atoms with Gasteiger partial charge >= 0.3 is 0 Å². The highest BCUT2D eigenvalue weighted by Gasteiger charge is 2.29. The van der Waals surface area contributed by atoms with Gasteiger partial charge < -0.3 is 15.2 Å². The third-order valence-electron chi connectivity index (χ3n) is 7.19. The third kappa shape index (κ3) is 3.95. The molecule has 37 heavy (non-hydrogen) atoms. The molecule has 0 aliphatic carbocycles. The molecule has 3 heterocycles. The van der Waals surface area contributed by atoms with Crippen LogP contribution in [0.4, 0.5) is 11.4 Å². The van der Waals surface area contributed by atoms with Gasteiger partial charge in [-0.3, -0.25) is 14.6 Å². The first-order valence-corrected chi connectivity index (χ1v) is 12.7. The molecule has 2 N–H and O–H groups in total. The Bertz CT molecular complexity index is 1670. The number of H-pyrrole nitrogens is 1. The second kappa shape index (κ2) is 9.21. The average molecular weight is 489 g/mol. The van der Waals surface area contributed by atoms with Crippen LogP contribution in [0.15, 0.2) is 72.9 Å². The number of anilines is 2. The highest BCUT2D eigenvalue weighted by Crippen LogP contribution is 2.40. The summed E-state index contributed by atoms with van der Waals surface area (Å²) in [6.45, 7) is 4.68. The molecule has 6 heteroatoms. The Balaban J connectivity index is 1.22. The van der Waals surface area contributed by atoms with Crippen LogP contribution in [0.3, 0.4) is 0 Å². The van der Waals surface area contributed by atoms with Crippen LogP contribution in [0, 0.1) is 6.92 Å². The van der Waals surface area contributed by atoms with Crippen LogP contribution in [0.25, 0.3) is 33.1 Å². The fourth-order valence-electron chi connectivity index (χ4n) is 5.46. The first kappa shape index (κ1) is 23.0. The summed E-state index contributed by atoms with van der Waals surface area (Å²) >= 11 is 0. The number of hydrogen-bond acceptors (Lipinski definition) is 3. The topological polar surface area (TPSA) is 78.1 Å². The van der Waals surface area contributed by atoms with Gasteiger partial charge in [-0.1, -0.05) is 29.8 Å². The summed E-state index contributed by atoms with van der Waals surface area (Å²) in [5.74, 6) is -0.0166. The van der Waals surface area contributed by atoms with E-state index in [0.29, 0.717) is 24.9 Å². The zero-order chi connectivity index (χ0) is 25.5. The van der Waals surface area contributed by atoms with Gasteiger partial charge in [0.05, 0.1) is 17.1 Å². The van der Waals surface area contributed by atoms with Crippen molar-refractivity contribution in [1.29, 1.82) is 0 Å². The van der Waals surface area contributed by atoms with E-state index >= 15 is 0 Å². The maximum Gasteiger partial charge on any atom is 0.258 e. The Kier molecular flexibility index (Phi) is 5.72. The second-order valence-electron chi connectivity index (χ2n) is 9.55. The van der Waals surface area contributed by atoms with Crippen molar-refractivity contribution in [3.63, 3.8) is 0 Å². The zero-order valence-electron chi connectivity index (χ0n) is 21.0. The van der Waals surface area contributed by atoms with Crippen LogP contribution >= 0.6 is 0 Å². The minimum Gasteiger partial charge on any atom is -0.353 e. The van der Waals surface area contributed by atoms with Crippen molar-refractivity contribution in [1.82, 2.24) is 9.97 Å². The van der Waals surface area contributed by atoms with Crippen molar-refractivity contribution >= 4 is 44.9 Å². The fourth-order valence-corrected chi connectivity index (χ4v) is 5.46. The molecule has 6 nitrogen and oxygen atoms in total. The Morgan fingerprint density at radius 3 is 2.73 bits per heavy atom. The van der Waals surface area contributed by atoms with Crippen LogP contribution in [-0.2, 0) is 11.2 Å². The number of aromatic nitrogens is 2. The molecular formula is C31H28N4O2. The van der Waals surface area contributed by atoms with Crippen molar-refractivity contribution in [2.45, 2.75) is 33.1 Å². The number of amides is 2. The monoisotopic (exact) mass is 488 g/mol. The summed E-state index contributed by atoms with van der Waals surface area (Å²) < 4.78 is 0. The summed E-state index contributed by atoms with van der Waals surface area (Å²) in [6, 6.07) is 21.9. The largest absolute Gasteiger partial charge is 0.353 e. The van der Waals surface area contributed by atoms with Gasteiger partial charge in [-0.2, -0.15) is 0 Å². The van der Waals surface area contributed by atoms with E-state index < -0.39 is 0 Å². The third-order valence-corrected chi connectivity index (χ3v) is 7.19. The first-order valence-electron chi connectivity index (χ1n) is 12.7. The maximum atomic E-state index is 13.0. The van der Waals surface area contributed by atoms with Gasteiger partial charge in [-0.25, -0.2) is 0 Å². The number of fused-ring (bicyclic) bond motifs is 1. The van der Waals surface area contributed by atoms with Crippen LogP contribution < -0.4 is 10.2 Å². The Morgan fingerprint density at radius 2 is 1.92 bits per heavy atom. The normalized spacial score (nSPS) is 12.6. The summed E-state index contributed by atoms with van der Waals surface area (Å²) in [6.07, 6.45) is 3.65. The molecule has 1 aliphatic rings. The summed E-state index contributed by atoms with van der Waals surface area (Å²) in [4.78, 5) is 35.7. The second-order valence-corrected chi connectivity index (χ2v) is 9.55. The van der Waals surface area contributed by atoms with E-state index in [1.54, 1.807) is 11.1 Å². The van der Waals surface area contributed by atoms with Crippen LogP contribution in [0.2, 0.25) is 0 Å². The number of aromatic amines is 1. The molecule has 0 bridgehead atoms. The molecule has 0 unspecified atom stereocenters. The summed E-state index contributed by atoms with van der Waals surface area (Å²) in [5.41, 5.74) is 7.73. The van der Waals surface area contributed by atoms with Gasteiger partial charge in [-0.05, 0) is 74.7 Å². The van der Waals surface area contributed by atoms with E-state index in [2.05, 4.69) is 40.4 Å². The number of pyridine rings is 1. The van der Waals surface area contributed by atoms with Gasteiger partial charge in [0.15, 0.2) is 0 Å². The van der Waals surface area contributed by atoms with Crippen LogP contribution in [0.1, 0.15) is 41.3 Å². The number of hydrogen-bond donors (Lipinski definition) is 2. The van der Waals surface area contributed by atoms with Crippen LogP contribution in [-0.4, -0.2) is 28.3 Å². The molecule has 1 aliphatic heterocycles. The molecule has 6 rings (SSSR count). The van der Waals surface area contributed by atoms with Gasteiger partial charge in [0, 0.05) is 52.1 Å². The predicted molar refractivity (Wildman–Crippen MR) is 149 cm³/mol. The first-order chi connectivity index (χ1) is 18.0. The van der Waals surface area contributed by atoms with Crippen molar-refractivity contribution in [3.8, 4) is 11.4 Å². The maximum absolute atomic E-state index is 13.0. The Hall–Kier alpha value is -4.45. The Morgan fingerprint density at radius 1 is 1.03 bits per heavy atom. The number of nitrogens with one attached hydrogen (secondary N) is 2. The standard InChI is InChI=1S/C31H28N4O2/c1-3-35-27-16-15-24(21-9-6-10-22(29(21)27)31(35)37)33-28(36)12-7-8-20-23-18-19(2)13-14-25(23)34-30(20)26-11-4-5-17-32-26/h4-6,9-11,13-18,34H,3,7-8,12H2,1-2H3,(H,33,36). The van der Waals surface area contributed by atoms with Gasteiger partial charge in [0.2, 0.25) is 5.91 Å². The lowest BCUT2D eigenvalue weighted by atomic mass is 10.0. The molecule has 184 valence electrons. The van der Waals surface area contributed by atoms with Gasteiger partial charge in [0.25, 0.3) is 5.91 Å². The molecule has 3 aromatic carbocycles. The highest BCUT2D eigenvalue weighted by molar-refractivity contribution is 6.27. The highest BCUT2D eigenvalue weighted by atomic mass is 16.2. The molecule has 2 aromatic heterocycles. The number of aryl methyl sites for hydroxylation is 2. The minimum atomic E-state index is -0.0345. The smallest absolute Gasteiger partial charge is 0.258 e. The van der Waals surface area contributed by atoms with Gasteiger partial charge in [-0.15, -0.1) is 0 Å². The van der Waals surface area contributed by atoms with Crippen molar-refractivity contribution in [2.75, 3.05) is 16.8 Å². The van der Waals surface area contributed by atoms with E-state index in [-0.39, 0.29) is 11.8 Å². The number of benzene rings is 3. The lowest BCUT2D eigenvalue weighted by molar-refractivity contribution is -0.116. The SMILES string of the molecule is CCN1C(=O)c2cccc3c(NC(=O)CCCc4c(-c5ccccn5)[nH]c5ccc(C)cc45)ccc1c23. The molecule has 0 fully saturated rings. The molecular weight excluding hydrogens is 460 g/mol. The zero-order valence-corrected chi connectivity index (χ0v) is 21.0. The number of carbonyl (C=O) groups excluding carboxylic acids is 2. The molecule has 0 radical (unpaired) electrons. The fraction of sp³-hybridized carbons (Fsp3) is 0.194. The van der Waals surface area contributed by atoms with Crippen molar-refractivity contribution < 1.29 is 9.59 Å². The molecule has 0 saturated carbocycles. The quantitative estimate of drug-likeness (QED) is 0.270. The number of rotatable bonds is 7.